The normalized spacial score (nSPS) is 36.2. The van der Waals surface area contributed by atoms with Crippen LogP contribution in [0, 0.1) is 11.8 Å². The van der Waals surface area contributed by atoms with E-state index < -0.39 is 0 Å². The minimum Gasteiger partial charge on any atom is -0.329 e. The summed E-state index contributed by atoms with van der Waals surface area (Å²) in [5, 5.41) is 2.25. The molecule has 106 valence electrons. The van der Waals surface area contributed by atoms with E-state index in [1.54, 1.807) is 10.4 Å². The second-order valence-electron chi connectivity index (χ2n) is 6.64. The van der Waals surface area contributed by atoms with Gasteiger partial charge in [-0.3, -0.25) is 4.90 Å². The molecule has 0 aromatic carbocycles. The fourth-order valence-corrected chi connectivity index (χ4v) is 5.08. The molecule has 3 atom stereocenters. The van der Waals surface area contributed by atoms with Gasteiger partial charge in [-0.15, -0.1) is 11.3 Å². The highest BCUT2D eigenvalue weighted by atomic mass is 32.1. The summed E-state index contributed by atoms with van der Waals surface area (Å²) in [6.07, 6.45) is 5.21. The molecule has 3 heteroatoms. The smallest absolute Gasteiger partial charge is 0.0363 e. The van der Waals surface area contributed by atoms with E-state index in [1.807, 2.05) is 11.3 Å². The molecule has 2 heterocycles. The summed E-state index contributed by atoms with van der Waals surface area (Å²) >= 11 is 1.92. The molecule has 2 N–H and O–H groups in total. The van der Waals surface area contributed by atoms with Crippen LogP contribution in [-0.2, 0) is 13.0 Å². The van der Waals surface area contributed by atoms with Gasteiger partial charge in [-0.05, 0) is 48.1 Å². The van der Waals surface area contributed by atoms with E-state index >= 15 is 0 Å². The quantitative estimate of drug-likeness (QED) is 0.899. The Labute approximate surface area is 121 Å². The summed E-state index contributed by atoms with van der Waals surface area (Å²) in [5.41, 5.74) is 8.08. The van der Waals surface area contributed by atoms with Crippen LogP contribution in [0.1, 0.15) is 43.6 Å². The summed E-state index contributed by atoms with van der Waals surface area (Å²) in [6, 6.07) is 2.31. The van der Waals surface area contributed by atoms with E-state index in [-0.39, 0.29) is 5.54 Å². The van der Waals surface area contributed by atoms with E-state index in [0.717, 1.165) is 24.9 Å². The van der Waals surface area contributed by atoms with E-state index in [4.69, 9.17) is 5.73 Å². The maximum Gasteiger partial charge on any atom is 0.0363 e. The van der Waals surface area contributed by atoms with Crippen molar-refractivity contribution in [2.45, 2.75) is 51.6 Å². The Hall–Kier alpha value is -0.380. The molecule has 19 heavy (non-hydrogen) atoms. The van der Waals surface area contributed by atoms with Gasteiger partial charge >= 0.3 is 0 Å². The van der Waals surface area contributed by atoms with Gasteiger partial charge in [0.15, 0.2) is 0 Å². The summed E-state index contributed by atoms with van der Waals surface area (Å²) in [5.74, 6) is 1.55. The van der Waals surface area contributed by atoms with E-state index in [9.17, 15) is 0 Å². The average Bonchev–Trinajstić information content (AvgIpc) is 2.89. The number of hydrogen-bond donors (Lipinski definition) is 1. The third kappa shape index (κ3) is 2.26. The number of nitrogens with zero attached hydrogens (tertiary/aromatic N) is 1. The Morgan fingerprint density at radius 3 is 3.05 bits per heavy atom. The van der Waals surface area contributed by atoms with Crippen molar-refractivity contribution in [1.29, 1.82) is 0 Å². The number of fused-ring (bicyclic) bond motifs is 1. The third-order valence-electron chi connectivity index (χ3n) is 5.50. The first kappa shape index (κ1) is 13.6. The van der Waals surface area contributed by atoms with Gasteiger partial charge in [0.2, 0.25) is 0 Å². The van der Waals surface area contributed by atoms with Crippen molar-refractivity contribution in [3.63, 3.8) is 0 Å². The predicted molar refractivity (Wildman–Crippen MR) is 82.4 cm³/mol. The van der Waals surface area contributed by atoms with Gasteiger partial charge in [0.05, 0.1) is 0 Å². The van der Waals surface area contributed by atoms with Gasteiger partial charge in [-0.25, -0.2) is 0 Å². The van der Waals surface area contributed by atoms with Crippen LogP contribution in [0.5, 0.6) is 0 Å². The number of nitrogens with two attached hydrogens (primary N) is 1. The zero-order valence-electron chi connectivity index (χ0n) is 12.2. The molecule has 1 aromatic heterocycles. The van der Waals surface area contributed by atoms with Crippen molar-refractivity contribution in [2.75, 3.05) is 13.1 Å². The number of thiophene rings is 1. The van der Waals surface area contributed by atoms with Gasteiger partial charge in [0, 0.05) is 30.1 Å². The summed E-state index contributed by atoms with van der Waals surface area (Å²) in [7, 11) is 0. The third-order valence-corrected chi connectivity index (χ3v) is 6.53. The molecule has 0 bridgehead atoms. The van der Waals surface area contributed by atoms with Crippen molar-refractivity contribution in [1.82, 2.24) is 4.90 Å². The van der Waals surface area contributed by atoms with Crippen LogP contribution in [0.2, 0.25) is 0 Å². The molecule has 1 aliphatic carbocycles. The van der Waals surface area contributed by atoms with Crippen molar-refractivity contribution in [2.24, 2.45) is 17.6 Å². The fraction of sp³-hybridized carbons (Fsp3) is 0.750. The molecule has 2 aliphatic rings. The Morgan fingerprint density at radius 2 is 2.26 bits per heavy atom. The Morgan fingerprint density at radius 1 is 1.42 bits per heavy atom. The Bertz CT molecular complexity index is 442. The van der Waals surface area contributed by atoms with Crippen LogP contribution in [0.15, 0.2) is 11.4 Å². The first-order chi connectivity index (χ1) is 9.15. The number of rotatable bonds is 2. The van der Waals surface area contributed by atoms with Crippen LogP contribution < -0.4 is 5.73 Å². The van der Waals surface area contributed by atoms with Gasteiger partial charge < -0.3 is 5.73 Å². The van der Waals surface area contributed by atoms with Crippen LogP contribution in [0.4, 0.5) is 0 Å². The molecular formula is C16H26N2S. The van der Waals surface area contributed by atoms with Gasteiger partial charge in [0.1, 0.15) is 0 Å². The Balaban J connectivity index is 1.86. The molecule has 3 rings (SSSR count). The molecule has 1 aliphatic heterocycles. The first-order valence-electron chi connectivity index (χ1n) is 7.66. The monoisotopic (exact) mass is 278 g/mol. The minimum absolute atomic E-state index is 0.247. The van der Waals surface area contributed by atoms with Crippen LogP contribution in [0.25, 0.3) is 0 Å². The zero-order chi connectivity index (χ0) is 13.5. The molecule has 2 nitrogen and oxygen atoms in total. The molecule has 0 amide bonds. The predicted octanol–water partition coefficient (Wildman–Crippen LogP) is 3.26. The highest BCUT2D eigenvalue weighted by Gasteiger charge is 2.44. The SMILES string of the molecule is CC1CCC(C)C(CN)(N2CCc3sccc3C2)C1. The van der Waals surface area contributed by atoms with E-state index in [1.165, 1.54) is 32.2 Å². The summed E-state index contributed by atoms with van der Waals surface area (Å²) in [6.45, 7) is 7.95. The topological polar surface area (TPSA) is 29.3 Å². The Kier molecular flexibility index (Phi) is 3.71. The van der Waals surface area contributed by atoms with Crippen molar-refractivity contribution in [3.05, 3.63) is 21.9 Å². The second kappa shape index (κ2) is 5.19. The molecule has 1 fully saturated rings. The molecule has 0 spiro atoms. The summed E-state index contributed by atoms with van der Waals surface area (Å²) in [4.78, 5) is 4.31. The second-order valence-corrected chi connectivity index (χ2v) is 7.64. The largest absolute Gasteiger partial charge is 0.329 e. The van der Waals surface area contributed by atoms with Crippen LogP contribution in [0.3, 0.4) is 0 Å². The lowest BCUT2D eigenvalue weighted by Crippen LogP contribution is -2.61. The van der Waals surface area contributed by atoms with Crippen LogP contribution in [-0.4, -0.2) is 23.5 Å². The summed E-state index contributed by atoms with van der Waals surface area (Å²) < 4.78 is 0. The molecule has 3 unspecified atom stereocenters. The van der Waals surface area contributed by atoms with Gasteiger partial charge in [-0.1, -0.05) is 20.3 Å². The van der Waals surface area contributed by atoms with Crippen LogP contribution >= 0.6 is 11.3 Å². The molecule has 0 radical (unpaired) electrons. The fourth-order valence-electron chi connectivity index (χ4n) is 4.19. The van der Waals surface area contributed by atoms with Crippen molar-refractivity contribution in [3.8, 4) is 0 Å². The highest BCUT2D eigenvalue weighted by molar-refractivity contribution is 7.10. The molecule has 1 saturated carbocycles. The molecule has 0 saturated heterocycles. The highest BCUT2D eigenvalue weighted by Crippen LogP contribution is 2.42. The standard InChI is InChI=1S/C16H26N2S/c1-12-3-4-13(2)16(9-12,11-17)18-7-5-15-14(10-18)6-8-19-15/h6,8,12-13H,3-5,7,9-11,17H2,1-2H3. The maximum absolute atomic E-state index is 6.28. The van der Waals surface area contributed by atoms with Crippen molar-refractivity contribution >= 4 is 11.3 Å². The van der Waals surface area contributed by atoms with Crippen molar-refractivity contribution < 1.29 is 0 Å². The van der Waals surface area contributed by atoms with Gasteiger partial charge in [-0.2, -0.15) is 0 Å². The van der Waals surface area contributed by atoms with Gasteiger partial charge in [0.25, 0.3) is 0 Å². The van der Waals surface area contributed by atoms with E-state index in [2.05, 4.69) is 30.2 Å². The average molecular weight is 278 g/mol. The zero-order valence-corrected chi connectivity index (χ0v) is 13.0. The minimum atomic E-state index is 0.247. The maximum atomic E-state index is 6.28. The van der Waals surface area contributed by atoms with E-state index in [0.29, 0.717) is 0 Å². The molecular weight excluding hydrogens is 252 g/mol. The lowest BCUT2D eigenvalue weighted by molar-refractivity contribution is -0.0128. The first-order valence-corrected chi connectivity index (χ1v) is 8.54. The lowest BCUT2D eigenvalue weighted by atomic mass is 9.68. The lowest BCUT2D eigenvalue weighted by Gasteiger charge is -2.53. The molecule has 1 aromatic rings. The number of hydrogen-bond acceptors (Lipinski definition) is 3.